The number of nitrogens with zero attached hydrogens (tertiary/aromatic N) is 2. The lowest BCUT2D eigenvalue weighted by Gasteiger charge is -2.26. The molecule has 1 saturated heterocycles. The highest BCUT2D eigenvalue weighted by Gasteiger charge is 2.15. The van der Waals surface area contributed by atoms with Gasteiger partial charge in [-0.25, -0.2) is 4.79 Å². The Hall–Kier alpha value is -3.27. The third-order valence-electron chi connectivity index (χ3n) is 5.71. The van der Waals surface area contributed by atoms with Crippen LogP contribution < -0.4 is 24.8 Å². The zero-order valence-electron chi connectivity index (χ0n) is 20.5. The maximum Gasteiger partial charge on any atom is 0.319 e. The first kappa shape index (κ1) is 25.8. The van der Waals surface area contributed by atoms with Crippen molar-refractivity contribution in [3.63, 3.8) is 0 Å². The van der Waals surface area contributed by atoms with Crippen LogP contribution in [0.15, 0.2) is 42.6 Å². The predicted octanol–water partition coefficient (Wildman–Crippen LogP) is 4.93. The number of urea groups is 1. The van der Waals surface area contributed by atoms with Gasteiger partial charge in [0.05, 0.1) is 36.6 Å². The van der Waals surface area contributed by atoms with Crippen molar-refractivity contribution in [2.75, 3.05) is 58.4 Å². The Bertz CT molecular complexity index is 1190. The van der Waals surface area contributed by atoms with E-state index in [2.05, 4.69) is 20.5 Å². The van der Waals surface area contributed by atoms with Crippen molar-refractivity contribution in [3.05, 3.63) is 47.6 Å². The molecule has 2 amide bonds. The minimum absolute atomic E-state index is 0.303. The lowest BCUT2D eigenvalue weighted by atomic mass is 10.1. The Balaban J connectivity index is 1.47. The number of aromatic nitrogens is 1. The summed E-state index contributed by atoms with van der Waals surface area (Å²) in [6.45, 7) is 7.25. The summed E-state index contributed by atoms with van der Waals surface area (Å²) in [6.07, 6.45) is 2.53. The molecule has 0 atom stereocenters. The first-order valence-electron chi connectivity index (χ1n) is 12.0. The first-order valence-corrected chi connectivity index (χ1v) is 12.4. The summed E-state index contributed by atoms with van der Waals surface area (Å²) in [6, 6.07) is 10.3. The number of anilines is 1. The molecule has 1 aromatic heterocycles. The zero-order valence-corrected chi connectivity index (χ0v) is 21.3. The molecule has 0 bridgehead atoms. The lowest BCUT2D eigenvalue weighted by Crippen LogP contribution is -2.38. The summed E-state index contributed by atoms with van der Waals surface area (Å²) in [5.74, 6) is 2.34. The van der Waals surface area contributed by atoms with Gasteiger partial charge in [0.2, 0.25) is 0 Å². The summed E-state index contributed by atoms with van der Waals surface area (Å²) in [7, 11) is 1.61. The average molecular weight is 515 g/mol. The second-order valence-electron chi connectivity index (χ2n) is 8.26. The number of ether oxygens (including phenoxy) is 4. The molecule has 1 fully saturated rings. The predicted molar refractivity (Wildman–Crippen MR) is 140 cm³/mol. The van der Waals surface area contributed by atoms with E-state index >= 15 is 0 Å². The molecule has 0 unspecified atom stereocenters. The lowest BCUT2D eigenvalue weighted by molar-refractivity contribution is 0.0321. The summed E-state index contributed by atoms with van der Waals surface area (Å²) < 4.78 is 23.2. The summed E-state index contributed by atoms with van der Waals surface area (Å²) in [5.41, 5.74) is 1.21. The molecule has 36 heavy (non-hydrogen) atoms. The molecular weight excluding hydrogens is 484 g/mol. The smallest absolute Gasteiger partial charge is 0.319 e. The van der Waals surface area contributed by atoms with E-state index in [4.69, 9.17) is 30.5 Å². The number of pyridine rings is 1. The van der Waals surface area contributed by atoms with E-state index in [1.54, 1.807) is 37.6 Å². The number of amides is 2. The Morgan fingerprint density at radius 1 is 1.14 bits per heavy atom. The van der Waals surface area contributed by atoms with E-state index in [0.29, 0.717) is 52.4 Å². The van der Waals surface area contributed by atoms with E-state index in [-0.39, 0.29) is 6.03 Å². The fourth-order valence-corrected chi connectivity index (χ4v) is 4.01. The van der Waals surface area contributed by atoms with Gasteiger partial charge in [-0.1, -0.05) is 18.5 Å². The van der Waals surface area contributed by atoms with Crippen LogP contribution >= 0.6 is 11.6 Å². The highest BCUT2D eigenvalue weighted by Crippen LogP contribution is 2.38. The number of hydrogen-bond donors (Lipinski definition) is 2. The van der Waals surface area contributed by atoms with Crippen LogP contribution in [0, 0.1) is 0 Å². The molecule has 1 aliphatic rings. The molecule has 9 nitrogen and oxygen atoms in total. The van der Waals surface area contributed by atoms with Crippen molar-refractivity contribution < 1.29 is 23.7 Å². The van der Waals surface area contributed by atoms with Crippen LogP contribution in [0.5, 0.6) is 23.0 Å². The molecule has 10 heteroatoms. The van der Waals surface area contributed by atoms with E-state index in [1.807, 2.05) is 19.1 Å². The average Bonchev–Trinajstić information content (AvgIpc) is 2.89. The van der Waals surface area contributed by atoms with E-state index < -0.39 is 0 Å². The zero-order chi connectivity index (χ0) is 25.3. The van der Waals surface area contributed by atoms with Crippen LogP contribution in [0.2, 0.25) is 5.02 Å². The Morgan fingerprint density at radius 2 is 1.97 bits per heavy atom. The van der Waals surface area contributed by atoms with Gasteiger partial charge in [0.15, 0.2) is 11.5 Å². The van der Waals surface area contributed by atoms with Gasteiger partial charge in [0.25, 0.3) is 0 Å². The van der Waals surface area contributed by atoms with Gasteiger partial charge in [-0.2, -0.15) is 0 Å². The first-order chi connectivity index (χ1) is 17.6. The third kappa shape index (κ3) is 6.69. The number of fused-ring (bicyclic) bond motifs is 1. The Labute approximate surface area is 215 Å². The molecule has 0 aliphatic carbocycles. The van der Waals surface area contributed by atoms with Gasteiger partial charge < -0.3 is 29.6 Å². The maximum absolute atomic E-state index is 11.9. The quantitative estimate of drug-likeness (QED) is 0.396. The number of benzene rings is 2. The normalized spacial score (nSPS) is 13.9. The van der Waals surface area contributed by atoms with Crippen LogP contribution in [0.1, 0.15) is 13.3 Å². The van der Waals surface area contributed by atoms with Gasteiger partial charge in [-0.15, -0.1) is 0 Å². The number of carbonyl (C=O) groups excluding carboxylic acids is 1. The third-order valence-corrected chi connectivity index (χ3v) is 6.02. The second-order valence-corrected chi connectivity index (χ2v) is 8.66. The summed E-state index contributed by atoms with van der Waals surface area (Å²) >= 11 is 6.38. The van der Waals surface area contributed by atoms with Crippen LogP contribution in [0.25, 0.3) is 10.9 Å². The van der Waals surface area contributed by atoms with Crippen LogP contribution in [0.3, 0.4) is 0 Å². The molecule has 0 saturated carbocycles. The minimum atomic E-state index is -0.303. The number of rotatable bonds is 10. The van der Waals surface area contributed by atoms with E-state index in [9.17, 15) is 4.79 Å². The molecule has 192 valence electrons. The van der Waals surface area contributed by atoms with Crippen molar-refractivity contribution in [1.29, 1.82) is 0 Å². The van der Waals surface area contributed by atoms with Gasteiger partial charge in [0, 0.05) is 49.9 Å². The minimum Gasteiger partial charge on any atom is -0.493 e. The maximum atomic E-state index is 11.9. The van der Waals surface area contributed by atoms with Gasteiger partial charge in [0.1, 0.15) is 18.1 Å². The topological polar surface area (TPSA) is 94.2 Å². The molecule has 1 aliphatic heterocycles. The highest BCUT2D eigenvalue weighted by molar-refractivity contribution is 6.33. The van der Waals surface area contributed by atoms with E-state index in [1.165, 1.54) is 0 Å². The molecule has 3 aromatic rings. The molecule has 0 spiro atoms. The SMILES string of the molecule is CCCNC(=O)Nc1ccc(Oc2ccnc3cc(OCCN4CCOCC4)c(OC)cc23)cc1Cl. The van der Waals surface area contributed by atoms with Crippen molar-refractivity contribution in [2.24, 2.45) is 0 Å². The van der Waals surface area contributed by atoms with Crippen LogP contribution in [0.4, 0.5) is 10.5 Å². The molecule has 2 N–H and O–H groups in total. The van der Waals surface area contributed by atoms with Crippen molar-refractivity contribution in [1.82, 2.24) is 15.2 Å². The monoisotopic (exact) mass is 514 g/mol. The summed E-state index contributed by atoms with van der Waals surface area (Å²) in [4.78, 5) is 18.7. The number of nitrogens with one attached hydrogen (secondary N) is 2. The highest BCUT2D eigenvalue weighted by atomic mass is 35.5. The van der Waals surface area contributed by atoms with Gasteiger partial charge in [-0.3, -0.25) is 9.88 Å². The van der Waals surface area contributed by atoms with Crippen molar-refractivity contribution >= 4 is 34.2 Å². The second kappa shape index (κ2) is 12.6. The molecule has 2 heterocycles. The van der Waals surface area contributed by atoms with Crippen molar-refractivity contribution in [2.45, 2.75) is 13.3 Å². The van der Waals surface area contributed by atoms with Crippen molar-refractivity contribution in [3.8, 4) is 23.0 Å². The number of carbonyl (C=O) groups is 1. The fraction of sp³-hybridized carbons (Fsp3) is 0.385. The fourth-order valence-electron chi connectivity index (χ4n) is 3.79. The largest absolute Gasteiger partial charge is 0.493 e. The van der Waals surface area contributed by atoms with Gasteiger partial charge in [-0.05, 0) is 30.7 Å². The van der Waals surface area contributed by atoms with Crippen LogP contribution in [-0.4, -0.2) is 69.0 Å². The van der Waals surface area contributed by atoms with Crippen LogP contribution in [-0.2, 0) is 4.74 Å². The van der Waals surface area contributed by atoms with Gasteiger partial charge >= 0.3 is 6.03 Å². The molecule has 4 rings (SSSR count). The Kier molecular flexibility index (Phi) is 9.05. The number of methoxy groups -OCH3 is 1. The Morgan fingerprint density at radius 3 is 2.72 bits per heavy atom. The number of hydrogen-bond acceptors (Lipinski definition) is 7. The number of halogens is 1. The molecular formula is C26H31ClN4O5. The summed E-state index contributed by atoms with van der Waals surface area (Å²) in [5, 5.41) is 6.63. The molecule has 0 radical (unpaired) electrons. The van der Waals surface area contributed by atoms with E-state index in [0.717, 1.165) is 44.7 Å². The molecule has 2 aromatic carbocycles. The number of morpholine rings is 1. The standard InChI is InChI=1S/C26H31ClN4O5/c1-3-7-29-26(32)30-21-5-4-18(15-20(21)27)36-23-6-8-28-22-17-25(24(33-2)16-19(22)23)35-14-11-31-9-12-34-13-10-31/h4-6,8,15-17H,3,7,9-14H2,1-2H3,(H2,29,30,32).